The molecule has 2 aromatic carbocycles. The highest BCUT2D eigenvalue weighted by Crippen LogP contribution is 2.41. The first kappa shape index (κ1) is 21.6. The zero-order chi connectivity index (χ0) is 22.2. The number of ether oxygens (including phenoxy) is 1. The Labute approximate surface area is 180 Å². The number of rotatable bonds is 5. The second kappa shape index (κ2) is 8.13. The number of aliphatic hydroxyl groups is 1. The van der Waals surface area contributed by atoms with E-state index in [2.05, 4.69) is 4.98 Å². The van der Waals surface area contributed by atoms with Gasteiger partial charge in [-0.3, -0.25) is 4.72 Å². The van der Waals surface area contributed by atoms with Crippen molar-refractivity contribution >= 4 is 27.0 Å². The fourth-order valence-corrected chi connectivity index (χ4v) is 4.57. The van der Waals surface area contributed by atoms with Crippen LogP contribution < -0.4 is 9.46 Å². The van der Waals surface area contributed by atoms with Gasteiger partial charge < -0.3 is 9.84 Å². The maximum Gasteiger partial charge on any atom is 0.516 e. The van der Waals surface area contributed by atoms with Crippen LogP contribution in [0.3, 0.4) is 0 Å². The third-order valence-corrected chi connectivity index (χ3v) is 6.71. The number of hydrogen-bond acceptors (Lipinski definition) is 6. The predicted molar refractivity (Wildman–Crippen MR) is 110 cm³/mol. The lowest BCUT2D eigenvalue weighted by atomic mass is 9.88. The molecule has 0 aliphatic carbocycles. The largest absolute Gasteiger partial charge is 0.516 e. The quantitative estimate of drug-likeness (QED) is 0.579. The molecule has 1 unspecified atom stereocenters. The fourth-order valence-electron chi connectivity index (χ4n) is 3.42. The van der Waals surface area contributed by atoms with Gasteiger partial charge in [-0.05, 0) is 24.1 Å². The number of fused-ring (bicyclic) bond motifs is 1. The van der Waals surface area contributed by atoms with Crippen LogP contribution in [0.25, 0.3) is 11.1 Å². The molecule has 1 aliphatic heterocycles. The Morgan fingerprint density at radius 1 is 1.23 bits per heavy atom. The first-order valence-electron chi connectivity index (χ1n) is 9.16. The molecule has 0 saturated heterocycles. The van der Waals surface area contributed by atoms with Crippen LogP contribution in [0, 0.1) is 5.92 Å². The van der Waals surface area contributed by atoms with Crippen LogP contribution >= 0.6 is 11.3 Å². The number of thiazole rings is 1. The zero-order valence-electron chi connectivity index (χ0n) is 15.8. The van der Waals surface area contributed by atoms with Gasteiger partial charge in [-0.2, -0.15) is 21.6 Å². The van der Waals surface area contributed by atoms with Crippen molar-refractivity contribution in [1.82, 2.24) is 4.98 Å². The molecule has 2 atom stereocenters. The molecule has 0 fully saturated rings. The van der Waals surface area contributed by atoms with E-state index in [1.807, 2.05) is 5.38 Å². The number of para-hydroxylation sites is 1. The lowest BCUT2D eigenvalue weighted by Gasteiger charge is -2.30. The first-order chi connectivity index (χ1) is 14.7. The van der Waals surface area contributed by atoms with E-state index in [1.54, 1.807) is 34.5 Å². The molecule has 0 radical (unpaired) electrons. The number of aromatic nitrogens is 1. The smallest absolute Gasteiger partial charge is 0.493 e. The summed E-state index contributed by atoms with van der Waals surface area (Å²) in [4.78, 5) is 4.23. The third-order valence-electron chi connectivity index (χ3n) is 4.97. The first-order valence-corrected chi connectivity index (χ1v) is 11.6. The van der Waals surface area contributed by atoms with Crippen LogP contribution in [0.4, 0.5) is 18.9 Å². The molecular formula is C20H17F3N2O4S2. The average Bonchev–Trinajstić information content (AvgIpc) is 3.22. The highest BCUT2D eigenvalue weighted by atomic mass is 32.2. The van der Waals surface area contributed by atoms with Gasteiger partial charge >= 0.3 is 15.5 Å². The van der Waals surface area contributed by atoms with E-state index in [9.17, 15) is 26.7 Å². The number of alkyl halides is 3. The molecule has 3 aromatic rings. The zero-order valence-corrected chi connectivity index (χ0v) is 17.5. The van der Waals surface area contributed by atoms with Crippen molar-refractivity contribution in [1.29, 1.82) is 0 Å². The lowest BCUT2D eigenvalue weighted by molar-refractivity contribution is -0.0429. The summed E-state index contributed by atoms with van der Waals surface area (Å²) in [5, 5.41) is 12.7. The molecule has 1 aliphatic rings. The van der Waals surface area contributed by atoms with Crippen LogP contribution in [0.1, 0.15) is 17.4 Å². The summed E-state index contributed by atoms with van der Waals surface area (Å²) in [5.41, 5.74) is -1.80. The predicted octanol–water partition coefficient (Wildman–Crippen LogP) is 4.36. The van der Waals surface area contributed by atoms with Gasteiger partial charge in [0.05, 0.1) is 29.6 Å². The number of nitrogens with zero attached hydrogens (tertiary/aromatic N) is 1. The topological polar surface area (TPSA) is 88.5 Å². The molecule has 2 heterocycles. The van der Waals surface area contributed by atoms with E-state index in [1.165, 1.54) is 29.5 Å². The Balaban J connectivity index is 1.62. The van der Waals surface area contributed by atoms with Crippen molar-refractivity contribution in [2.45, 2.75) is 18.0 Å². The SMILES string of the molecule is O=S(=O)(Nc1ccccc1-c1ccc2c(c1)OCC(Cc1cscn1)[C@@H]2O)C(F)(F)F. The van der Waals surface area contributed by atoms with Crippen molar-refractivity contribution in [2.75, 3.05) is 11.3 Å². The Morgan fingerprint density at radius 2 is 2.00 bits per heavy atom. The van der Waals surface area contributed by atoms with Crippen LogP contribution in [0.15, 0.2) is 53.4 Å². The van der Waals surface area contributed by atoms with Crippen LogP contribution in [-0.2, 0) is 16.4 Å². The number of halogens is 3. The Bertz CT molecular complexity index is 1180. The number of nitrogens with one attached hydrogen (secondary N) is 1. The molecule has 1 aromatic heterocycles. The number of sulfonamides is 1. The standard InChI is InChI=1S/C20H17F3N2O4S2/c21-20(22,23)31(27,28)25-17-4-2-1-3-15(17)12-5-6-16-18(8-12)29-9-13(19(16)26)7-14-10-30-11-24-14/h1-6,8,10-11,13,19,25-26H,7,9H2/t13?,19-/m0/s1. The van der Waals surface area contributed by atoms with Crippen molar-refractivity contribution in [3.05, 3.63) is 64.6 Å². The van der Waals surface area contributed by atoms with Gasteiger partial charge in [0.1, 0.15) is 5.75 Å². The average molecular weight is 470 g/mol. The molecule has 0 bridgehead atoms. The Kier molecular flexibility index (Phi) is 5.67. The molecule has 31 heavy (non-hydrogen) atoms. The second-order valence-corrected chi connectivity index (χ2v) is 9.44. The van der Waals surface area contributed by atoms with E-state index in [4.69, 9.17) is 4.74 Å². The van der Waals surface area contributed by atoms with Crippen LogP contribution in [0.5, 0.6) is 5.75 Å². The molecule has 0 amide bonds. The summed E-state index contributed by atoms with van der Waals surface area (Å²) >= 11 is 1.47. The van der Waals surface area contributed by atoms with Crippen molar-refractivity contribution < 1.29 is 31.4 Å². The number of hydrogen-bond donors (Lipinski definition) is 2. The highest BCUT2D eigenvalue weighted by Gasteiger charge is 2.46. The number of aliphatic hydroxyl groups excluding tert-OH is 1. The molecule has 6 nitrogen and oxygen atoms in total. The van der Waals surface area contributed by atoms with Gasteiger partial charge in [0.25, 0.3) is 0 Å². The summed E-state index contributed by atoms with van der Waals surface area (Å²) in [6, 6.07) is 10.6. The van der Waals surface area contributed by atoms with Gasteiger partial charge in [-0.25, -0.2) is 4.98 Å². The third kappa shape index (κ3) is 4.39. The van der Waals surface area contributed by atoms with Crippen molar-refractivity contribution in [2.24, 2.45) is 5.92 Å². The van der Waals surface area contributed by atoms with Crippen LogP contribution in [-0.4, -0.2) is 30.6 Å². The lowest BCUT2D eigenvalue weighted by Crippen LogP contribution is -2.30. The normalized spacial score (nSPS) is 18.8. The summed E-state index contributed by atoms with van der Waals surface area (Å²) in [6.07, 6.45) is -0.244. The summed E-state index contributed by atoms with van der Waals surface area (Å²) < 4.78 is 68.9. The van der Waals surface area contributed by atoms with Gasteiger partial charge in [0, 0.05) is 22.4 Å². The van der Waals surface area contributed by atoms with E-state index in [0.717, 1.165) is 5.69 Å². The molecule has 0 spiro atoms. The Morgan fingerprint density at radius 3 is 2.71 bits per heavy atom. The van der Waals surface area contributed by atoms with Gasteiger partial charge in [-0.1, -0.05) is 30.3 Å². The molecule has 2 N–H and O–H groups in total. The van der Waals surface area contributed by atoms with Crippen LogP contribution in [0.2, 0.25) is 0 Å². The number of anilines is 1. The minimum absolute atomic E-state index is 0.189. The monoisotopic (exact) mass is 470 g/mol. The Hall–Kier alpha value is -2.63. The summed E-state index contributed by atoms with van der Waals surface area (Å²) in [7, 11) is -5.57. The maximum absolute atomic E-state index is 12.8. The van der Waals surface area contributed by atoms with E-state index in [-0.39, 0.29) is 23.8 Å². The number of benzene rings is 2. The van der Waals surface area contributed by atoms with Gasteiger partial charge in [0.15, 0.2) is 0 Å². The van der Waals surface area contributed by atoms with Gasteiger partial charge in [-0.15, -0.1) is 11.3 Å². The molecule has 4 rings (SSSR count). The second-order valence-electron chi connectivity index (χ2n) is 7.05. The van der Waals surface area contributed by atoms with Gasteiger partial charge in [0.2, 0.25) is 0 Å². The van der Waals surface area contributed by atoms with E-state index in [0.29, 0.717) is 23.3 Å². The minimum atomic E-state index is -5.57. The minimum Gasteiger partial charge on any atom is -0.493 e. The molecule has 11 heteroatoms. The fraction of sp³-hybridized carbons (Fsp3) is 0.250. The molecule has 0 saturated carbocycles. The van der Waals surface area contributed by atoms with Crippen molar-refractivity contribution in [3.8, 4) is 16.9 Å². The highest BCUT2D eigenvalue weighted by molar-refractivity contribution is 7.93. The van der Waals surface area contributed by atoms with E-state index >= 15 is 0 Å². The summed E-state index contributed by atoms with van der Waals surface area (Å²) in [5.74, 6) is 0.208. The molecular weight excluding hydrogens is 453 g/mol. The molecule has 164 valence electrons. The van der Waals surface area contributed by atoms with E-state index < -0.39 is 21.6 Å². The maximum atomic E-state index is 12.8. The summed E-state index contributed by atoms with van der Waals surface area (Å²) in [6.45, 7) is 0.248. The van der Waals surface area contributed by atoms with Crippen molar-refractivity contribution in [3.63, 3.8) is 0 Å².